The Balaban J connectivity index is 1.86. The summed E-state index contributed by atoms with van der Waals surface area (Å²) >= 11 is 9.46. The number of benzene rings is 2. The fraction of sp³-hybridized carbons (Fsp3) is 0.222. The van der Waals surface area contributed by atoms with Crippen LogP contribution >= 0.6 is 27.5 Å². The monoisotopic (exact) mass is 408 g/mol. The second-order valence-corrected chi connectivity index (χ2v) is 6.71. The molecule has 0 aliphatic rings. The van der Waals surface area contributed by atoms with E-state index in [0.29, 0.717) is 16.7 Å². The quantitative estimate of drug-likeness (QED) is 0.552. The fourth-order valence-electron chi connectivity index (χ4n) is 1.92. The first-order valence-electron chi connectivity index (χ1n) is 7.46. The molecular formula is C18H18BrClN2O2. The molecule has 2 rings (SSSR count). The molecule has 2 aromatic rings. The molecule has 126 valence electrons. The lowest BCUT2D eigenvalue weighted by atomic mass is 10.0. The Morgan fingerprint density at radius 3 is 2.75 bits per heavy atom. The van der Waals surface area contributed by atoms with Crippen LogP contribution in [0.15, 0.2) is 52.0 Å². The number of rotatable bonds is 6. The summed E-state index contributed by atoms with van der Waals surface area (Å²) < 4.78 is 6.32. The second-order valence-electron chi connectivity index (χ2n) is 5.45. The van der Waals surface area contributed by atoms with Gasteiger partial charge in [0.05, 0.1) is 10.7 Å². The van der Waals surface area contributed by atoms with E-state index in [1.165, 1.54) is 11.8 Å². The van der Waals surface area contributed by atoms with Crippen LogP contribution in [0.3, 0.4) is 0 Å². The van der Waals surface area contributed by atoms with Crippen molar-refractivity contribution in [1.29, 1.82) is 0 Å². The molecule has 0 heterocycles. The van der Waals surface area contributed by atoms with Crippen LogP contribution in [-0.2, 0) is 4.79 Å². The summed E-state index contributed by atoms with van der Waals surface area (Å²) in [5.74, 6) is 0.695. The van der Waals surface area contributed by atoms with Gasteiger partial charge in [0.25, 0.3) is 5.91 Å². The summed E-state index contributed by atoms with van der Waals surface area (Å²) in [6.07, 6.45) is 1.49. The van der Waals surface area contributed by atoms with Crippen molar-refractivity contribution in [1.82, 2.24) is 5.43 Å². The highest BCUT2D eigenvalue weighted by Crippen LogP contribution is 2.28. The zero-order chi connectivity index (χ0) is 17.5. The summed E-state index contributed by atoms with van der Waals surface area (Å²) in [6.45, 7) is 4.11. The van der Waals surface area contributed by atoms with E-state index in [1.54, 1.807) is 6.07 Å². The van der Waals surface area contributed by atoms with Crippen molar-refractivity contribution in [3.05, 3.63) is 63.1 Å². The van der Waals surface area contributed by atoms with Gasteiger partial charge < -0.3 is 4.74 Å². The molecule has 0 unspecified atom stereocenters. The highest BCUT2D eigenvalue weighted by molar-refractivity contribution is 9.10. The van der Waals surface area contributed by atoms with Gasteiger partial charge in [0.15, 0.2) is 6.61 Å². The number of nitrogens with zero attached hydrogens (tertiary/aromatic N) is 1. The molecule has 0 radical (unpaired) electrons. The molecule has 0 atom stereocenters. The molecule has 4 nitrogen and oxygen atoms in total. The number of nitrogens with one attached hydrogen (secondary N) is 1. The average molecular weight is 410 g/mol. The molecule has 0 saturated heterocycles. The summed E-state index contributed by atoms with van der Waals surface area (Å²) in [7, 11) is 0. The Morgan fingerprint density at radius 1 is 1.33 bits per heavy atom. The van der Waals surface area contributed by atoms with E-state index in [2.05, 4.69) is 40.3 Å². The smallest absolute Gasteiger partial charge is 0.277 e. The zero-order valence-corrected chi connectivity index (χ0v) is 15.8. The van der Waals surface area contributed by atoms with Gasteiger partial charge in [0.2, 0.25) is 0 Å². The highest BCUT2D eigenvalue weighted by Gasteiger charge is 2.07. The maximum absolute atomic E-state index is 11.8. The predicted octanol–water partition coefficient (Wildman–Crippen LogP) is 4.76. The summed E-state index contributed by atoms with van der Waals surface area (Å²) in [6, 6.07) is 13.1. The highest BCUT2D eigenvalue weighted by atomic mass is 79.9. The van der Waals surface area contributed by atoms with E-state index in [-0.39, 0.29) is 12.5 Å². The molecule has 2 aromatic carbocycles. The lowest BCUT2D eigenvalue weighted by Gasteiger charge is -2.10. The Hall–Kier alpha value is -1.85. The van der Waals surface area contributed by atoms with Crippen LogP contribution in [0.4, 0.5) is 0 Å². The lowest BCUT2D eigenvalue weighted by molar-refractivity contribution is -0.123. The van der Waals surface area contributed by atoms with Gasteiger partial charge in [0.1, 0.15) is 5.75 Å². The Bertz CT molecular complexity index is 748. The van der Waals surface area contributed by atoms with Gasteiger partial charge in [-0.1, -0.05) is 49.7 Å². The molecule has 1 amide bonds. The van der Waals surface area contributed by atoms with Crippen LogP contribution in [0.1, 0.15) is 30.9 Å². The molecule has 0 aliphatic heterocycles. The van der Waals surface area contributed by atoms with Crippen molar-refractivity contribution in [3.8, 4) is 5.75 Å². The summed E-state index contributed by atoms with van der Waals surface area (Å²) in [5.41, 5.74) is 4.34. The minimum absolute atomic E-state index is 0.126. The maximum Gasteiger partial charge on any atom is 0.277 e. The first-order valence-corrected chi connectivity index (χ1v) is 8.63. The van der Waals surface area contributed by atoms with Crippen molar-refractivity contribution >= 4 is 39.7 Å². The topological polar surface area (TPSA) is 50.7 Å². The largest absolute Gasteiger partial charge is 0.483 e. The minimum Gasteiger partial charge on any atom is -0.483 e. The van der Waals surface area contributed by atoms with Crippen LogP contribution in [-0.4, -0.2) is 18.7 Å². The molecule has 6 heteroatoms. The molecule has 0 saturated carbocycles. The number of hydrazone groups is 1. The molecular weight excluding hydrogens is 392 g/mol. The van der Waals surface area contributed by atoms with E-state index in [4.69, 9.17) is 16.3 Å². The van der Waals surface area contributed by atoms with Crippen molar-refractivity contribution < 1.29 is 9.53 Å². The maximum atomic E-state index is 11.8. The van der Waals surface area contributed by atoms with Crippen molar-refractivity contribution in [2.45, 2.75) is 19.8 Å². The number of amides is 1. The van der Waals surface area contributed by atoms with E-state index in [1.807, 2.05) is 36.4 Å². The number of carbonyl (C=O) groups is 1. The van der Waals surface area contributed by atoms with Crippen LogP contribution < -0.4 is 10.2 Å². The predicted molar refractivity (Wildman–Crippen MR) is 101 cm³/mol. The summed E-state index contributed by atoms with van der Waals surface area (Å²) in [5, 5.41) is 4.44. The van der Waals surface area contributed by atoms with Crippen molar-refractivity contribution in [2.75, 3.05) is 6.61 Å². The van der Waals surface area contributed by atoms with Crippen molar-refractivity contribution in [2.24, 2.45) is 5.10 Å². The number of hydrogen-bond donors (Lipinski definition) is 1. The SMILES string of the molecule is CC(C)c1ccc(OCC(=O)NN=Cc2ccccc2Cl)c(Br)c1. The van der Waals surface area contributed by atoms with Gasteiger partial charge in [-0.25, -0.2) is 5.43 Å². The van der Waals surface area contributed by atoms with Crippen molar-refractivity contribution in [3.63, 3.8) is 0 Å². The van der Waals surface area contributed by atoms with Gasteiger partial charge in [-0.2, -0.15) is 5.10 Å². The van der Waals surface area contributed by atoms with E-state index >= 15 is 0 Å². The van der Waals surface area contributed by atoms with Gasteiger partial charge in [-0.3, -0.25) is 4.79 Å². The molecule has 1 N–H and O–H groups in total. The minimum atomic E-state index is -0.349. The van der Waals surface area contributed by atoms with Gasteiger partial charge in [-0.15, -0.1) is 0 Å². The summed E-state index contributed by atoms with van der Waals surface area (Å²) in [4.78, 5) is 11.8. The first kappa shape index (κ1) is 18.5. The molecule has 0 fully saturated rings. The lowest BCUT2D eigenvalue weighted by Crippen LogP contribution is -2.24. The fourth-order valence-corrected chi connectivity index (χ4v) is 2.62. The number of ether oxygens (including phenoxy) is 1. The van der Waals surface area contributed by atoms with E-state index < -0.39 is 0 Å². The normalized spacial score (nSPS) is 11.0. The van der Waals surface area contributed by atoms with Crippen LogP contribution in [0.5, 0.6) is 5.75 Å². The molecule has 0 spiro atoms. The molecule has 0 aliphatic carbocycles. The Morgan fingerprint density at radius 2 is 2.08 bits per heavy atom. The van der Waals surface area contributed by atoms with Crippen LogP contribution in [0.25, 0.3) is 0 Å². The van der Waals surface area contributed by atoms with Crippen LogP contribution in [0, 0.1) is 0 Å². The van der Waals surface area contributed by atoms with Gasteiger partial charge >= 0.3 is 0 Å². The molecule has 0 aromatic heterocycles. The first-order chi connectivity index (χ1) is 11.5. The second kappa shape index (κ2) is 8.85. The molecule has 24 heavy (non-hydrogen) atoms. The number of carbonyl (C=O) groups excluding carboxylic acids is 1. The third kappa shape index (κ3) is 5.35. The Kier molecular flexibility index (Phi) is 6.82. The van der Waals surface area contributed by atoms with Crippen LogP contribution in [0.2, 0.25) is 5.02 Å². The van der Waals surface area contributed by atoms with E-state index in [0.717, 1.165) is 10.0 Å². The molecule has 0 bridgehead atoms. The zero-order valence-electron chi connectivity index (χ0n) is 13.4. The third-order valence-corrected chi connectivity index (χ3v) is 4.24. The van der Waals surface area contributed by atoms with Gasteiger partial charge in [-0.05, 0) is 45.6 Å². The standard InChI is InChI=1S/C18H18BrClN2O2/c1-12(2)13-7-8-17(15(19)9-13)24-11-18(23)22-21-10-14-5-3-4-6-16(14)20/h3-10,12H,11H2,1-2H3,(H,22,23). The Labute approximate surface area is 155 Å². The van der Waals surface area contributed by atoms with E-state index in [9.17, 15) is 4.79 Å². The number of hydrogen-bond acceptors (Lipinski definition) is 3. The number of halogens is 2. The van der Waals surface area contributed by atoms with Gasteiger partial charge in [0, 0.05) is 10.6 Å². The average Bonchev–Trinajstić information content (AvgIpc) is 2.55. The third-order valence-electron chi connectivity index (χ3n) is 3.28.